The van der Waals surface area contributed by atoms with Gasteiger partial charge in [0, 0.05) is 17.0 Å². The Kier molecular flexibility index (Phi) is 5.82. The van der Waals surface area contributed by atoms with Crippen molar-refractivity contribution in [2.24, 2.45) is 0 Å². The number of nitrogens with zero attached hydrogens (tertiary/aromatic N) is 2. The van der Waals surface area contributed by atoms with Crippen LogP contribution < -0.4 is 5.32 Å². The van der Waals surface area contributed by atoms with Gasteiger partial charge in [-0.05, 0) is 25.1 Å². The van der Waals surface area contributed by atoms with Crippen LogP contribution in [-0.4, -0.2) is 16.7 Å². The lowest BCUT2D eigenvalue weighted by Gasteiger charge is -2.14. The molecule has 0 aliphatic heterocycles. The molecular weight excluding hydrogens is 404 g/mol. The van der Waals surface area contributed by atoms with Gasteiger partial charge in [-0.3, -0.25) is 0 Å². The summed E-state index contributed by atoms with van der Waals surface area (Å²) < 4.78 is 77.2. The van der Waals surface area contributed by atoms with Gasteiger partial charge in [-0.1, -0.05) is 0 Å². The Labute approximate surface area is 151 Å². The molecule has 1 heterocycles. The number of nitrogens with one attached hydrogen (secondary N) is 1. The molecule has 13 heteroatoms. The Morgan fingerprint density at radius 3 is 2.19 bits per heavy atom. The Balaban J connectivity index is 2.27. The fourth-order valence-electron chi connectivity index (χ4n) is 2.08. The third-order valence-electron chi connectivity index (χ3n) is 3.26. The van der Waals surface area contributed by atoms with E-state index < -0.39 is 34.3 Å². The van der Waals surface area contributed by atoms with Gasteiger partial charge in [-0.2, -0.15) is 26.3 Å². The zero-order chi connectivity index (χ0) is 20.4. The monoisotopic (exact) mass is 415 g/mol. The largest absolute Gasteiger partial charge is 0.416 e. The molecule has 0 radical (unpaired) electrons. The summed E-state index contributed by atoms with van der Waals surface area (Å²) in [5.74, 6) is 0. The molecule has 1 aromatic heterocycles. The van der Waals surface area contributed by atoms with Gasteiger partial charge < -0.3 is 10.2 Å². The number of hydrogen-bond acceptors (Lipinski definition) is 6. The van der Waals surface area contributed by atoms with E-state index >= 15 is 0 Å². The van der Waals surface area contributed by atoms with Crippen LogP contribution in [0.5, 0.6) is 0 Å². The number of thiazole rings is 1. The van der Waals surface area contributed by atoms with Crippen LogP contribution in [0.3, 0.4) is 0 Å². The maximum Gasteiger partial charge on any atom is 0.416 e. The summed E-state index contributed by atoms with van der Waals surface area (Å²) in [4.78, 5) is 18.8. The van der Waals surface area contributed by atoms with Crippen LogP contribution in [0.1, 0.15) is 21.7 Å². The molecule has 0 atom stereocenters. The van der Waals surface area contributed by atoms with Crippen LogP contribution >= 0.6 is 11.3 Å². The van der Waals surface area contributed by atoms with Crippen molar-refractivity contribution >= 4 is 22.2 Å². The van der Waals surface area contributed by atoms with Gasteiger partial charge in [0.15, 0.2) is 5.13 Å². The van der Waals surface area contributed by atoms with Crippen molar-refractivity contribution in [2.75, 3.05) is 11.9 Å². The maximum atomic E-state index is 12.9. The molecule has 27 heavy (non-hydrogen) atoms. The molecule has 0 saturated carbocycles. The highest BCUT2D eigenvalue weighted by Crippen LogP contribution is 2.38. The summed E-state index contributed by atoms with van der Waals surface area (Å²) >= 11 is 0.945. The summed E-state index contributed by atoms with van der Waals surface area (Å²) in [7, 11) is 0. The molecular formula is C14H11F6N3O3S. The summed E-state index contributed by atoms with van der Waals surface area (Å²) in [5, 5.41) is 11.6. The van der Waals surface area contributed by atoms with Crippen LogP contribution in [0, 0.1) is 17.0 Å². The van der Waals surface area contributed by atoms with Crippen LogP contribution in [0.25, 0.3) is 0 Å². The van der Waals surface area contributed by atoms with Crippen molar-refractivity contribution in [2.45, 2.75) is 25.7 Å². The highest BCUT2D eigenvalue weighted by atomic mass is 32.1. The van der Waals surface area contributed by atoms with Gasteiger partial charge in [0.2, 0.25) is 0 Å². The Morgan fingerprint density at radius 2 is 1.70 bits per heavy atom. The molecule has 148 valence electrons. The van der Waals surface area contributed by atoms with E-state index in [0.29, 0.717) is 22.7 Å². The van der Waals surface area contributed by atoms with Gasteiger partial charge >= 0.3 is 12.4 Å². The van der Waals surface area contributed by atoms with Crippen LogP contribution in [0.4, 0.5) is 37.2 Å². The van der Waals surface area contributed by atoms with Gasteiger partial charge in [-0.15, -0.1) is 21.5 Å². The van der Waals surface area contributed by atoms with Crippen molar-refractivity contribution in [1.29, 1.82) is 0 Å². The lowest BCUT2D eigenvalue weighted by Crippen LogP contribution is -2.11. The standard InChI is InChI=1S/C14H11F6N3O3S/c1-7-11(2-3-26-23(24)25)27-12(21-7)22-10-5-8(13(15,16)17)4-9(6-10)14(18,19)20/h4-6H,2-3H2,1H3,(H,21,22). The molecule has 0 unspecified atom stereocenters. The highest BCUT2D eigenvalue weighted by Gasteiger charge is 2.37. The molecule has 1 N–H and O–H groups in total. The lowest BCUT2D eigenvalue weighted by molar-refractivity contribution is -0.757. The first-order valence-electron chi connectivity index (χ1n) is 7.16. The smallest absolute Gasteiger partial charge is 0.332 e. The zero-order valence-corrected chi connectivity index (χ0v) is 14.3. The highest BCUT2D eigenvalue weighted by molar-refractivity contribution is 7.15. The van der Waals surface area contributed by atoms with Crippen molar-refractivity contribution in [3.63, 3.8) is 0 Å². The van der Waals surface area contributed by atoms with E-state index in [-0.39, 0.29) is 24.2 Å². The number of aromatic nitrogens is 1. The minimum atomic E-state index is -4.96. The van der Waals surface area contributed by atoms with E-state index in [9.17, 15) is 36.5 Å². The summed E-state index contributed by atoms with van der Waals surface area (Å²) in [6.07, 6.45) is -9.80. The number of halogens is 6. The number of benzene rings is 1. The molecule has 2 aromatic rings. The predicted molar refractivity (Wildman–Crippen MR) is 83.2 cm³/mol. The second kappa shape index (κ2) is 7.58. The zero-order valence-electron chi connectivity index (χ0n) is 13.4. The molecule has 0 bridgehead atoms. The van der Waals surface area contributed by atoms with E-state index in [2.05, 4.69) is 15.1 Å². The molecule has 0 aliphatic carbocycles. The lowest BCUT2D eigenvalue weighted by atomic mass is 10.1. The van der Waals surface area contributed by atoms with E-state index in [1.165, 1.54) is 0 Å². The first-order chi connectivity index (χ1) is 12.4. The van der Waals surface area contributed by atoms with Gasteiger partial charge in [-0.25, -0.2) is 4.98 Å². The number of aryl methyl sites for hydroxylation is 1. The second-order valence-electron chi connectivity index (χ2n) is 5.25. The number of alkyl halides is 6. The van der Waals surface area contributed by atoms with Gasteiger partial charge in [0.25, 0.3) is 5.09 Å². The molecule has 0 aliphatic rings. The van der Waals surface area contributed by atoms with Crippen molar-refractivity contribution < 1.29 is 36.3 Å². The van der Waals surface area contributed by atoms with E-state index in [1.54, 1.807) is 6.92 Å². The molecule has 0 fully saturated rings. The third kappa shape index (κ3) is 5.70. The Hall–Kier alpha value is -2.57. The first kappa shape index (κ1) is 20.7. The van der Waals surface area contributed by atoms with Gasteiger partial charge in [0.1, 0.15) is 6.61 Å². The van der Waals surface area contributed by atoms with Crippen molar-refractivity contribution in [3.05, 3.63) is 50.0 Å². The van der Waals surface area contributed by atoms with E-state index in [1.807, 2.05) is 0 Å². The fraction of sp³-hybridized carbons (Fsp3) is 0.357. The van der Waals surface area contributed by atoms with Crippen LogP contribution in [-0.2, 0) is 23.6 Å². The Bertz CT molecular complexity index is 802. The molecule has 6 nitrogen and oxygen atoms in total. The quantitative estimate of drug-likeness (QED) is 0.409. The number of hydrogen-bond donors (Lipinski definition) is 1. The van der Waals surface area contributed by atoms with Crippen LogP contribution in [0.2, 0.25) is 0 Å². The van der Waals surface area contributed by atoms with E-state index in [0.717, 1.165) is 11.3 Å². The molecule has 0 saturated heterocycles. The number of anilines is 2. The molecule has 1 aromatic carbocycles. The average Bonchev–Trinajstić information content (AvgIpc) is 2.84. The Morgan fingerprint density at radius 1 is 1.15 bits per heavy atom. The maximum absolute atomic E-state index is 12.9. The van der Waals surface area contributed by atoms with Crippen molar-refractivity contribution in [3.8, 4) is 0 Å². The minimum Gasteiger partial charge on any atom is -0.332 e. The van der Waals surface area contributed by atoms with E-state index in [4.69, 9.17) is 0 Å². The van der Waals surface area contributed by atoms with Crippen molar-refractivity contribution in [1.82, 2.24) is 4.98 Å². The van der Waals surface area contributed by atoms with Crippen LogP contribution in [0.15, 0.2) is 18.2 Å². The molecule has 0 spiro atoms. The summed E-state index contributed by atoms with van der Waals surface area (Å²) in [6.45, 7) is 1.30. The predicted octanol–water partition coefficient (Wildman–Crippen LogP) is 4.98. The third-order valence-corrected chi connectivity index (χ3v) is 4.39. The fourth-order valence-corrected chi connectivity index (χ4v) is 3.04. The van der Waals surface area contributed by atoms with Gasteiger partial charge in [0.05, 0.1) is 16.8 Å². The summed E-state index contributed by atoms with van der Waals surface area (Å²) in [5.41, 5.74) is -2.91. The number of rotatable bonds is 6. The summed E-state index contributed by atoms with van der Waals surface area (Å²) in [6, 6.07) is 1.11. The average molecular weight is 415 g/mol. The normalized spacial score (nSPS) is 12.1. The molecule has 0 amide bonds. The topological polar surface area (TPSA) is 77.3 Å². The molecule has 2 rings (SSSR count). The minimum absolute atomic E-state index is 0.0264. The SMILES string of the molecule is Cc1nc(Nc2cc(C(F)(F)F)cc(C(F)(F)F)c2)sc1CCO[N+](=O)[O-]. The first-order valence-corrected chi connectivity index (χ1v) is 7.98. The second-order valence-corrected chi connectivity index (χ2v) is 6.34.